The normalized spacial score (nSPS) is 20.8. The number of nitrogens with two attached hydrogens (primary N) is 1. The zero-order valence-electron chi connectivity index (χ0n) is 26.8. The number of hydrogen-bond acceptors (Lipinski definition) is 11. The summed E-state index contributed by atoms with van der Waals surface area (Å²) < 4.78 is 21.3. The Morgan fingerprint density at radius 2 is 1.18 bits per heavy atom. The largest absolute Gasteiger partial charge is 0.443 e. The van der Waals surface area contributed by atoms with Crippen molar-refractivity contribution in [2.24, 2.45) is 5.73 Å². The summed E-state index contributed by atoms with van der Waals surface area (Å²) in [7, 11) is 0. The number of carbonyl (C=O) groups excluding carboxylic acids is 5. The Bertz CT molecular complexity index is 1720. The van der Waals surface area contributed by atoms with Crippen LogP contribution >= 0.6 is 22.9 Å². The molecule has 15 nitrogen and oxygen atoms in total. The Kier molecular flexibility index (Phi) is 11.1. The molecule has 0 aliphatic carbocycles. The van der Waals surface area contributed by atoms with Crippen LogP contribution in [-0.4, -0.2) is 108 Å². The summed E-state index contributed by atoms with van der Waals surface area (Å²) >= 11 is 7.03. The van der Waals surface area contributed by atoms with E-state index < -0.39 is 12.2 Å². The third-order valence-electron chi connectivity index (χ3n) is 8.22. The minimum absolute atomic E-state index is 0.0576. The molecule has 0 bridgehead atoms. The lowest BCUT2D eigenvalue weighted by molar-refractivity contribution is -0.126. The summed E-state index contributed by atoms with van der Waals surface area (Å²) in [5.74, 6) is -0.402. The summed E-state index contributed by atoms with van der Waals surface area (Å²) in [6.45, 7) is 3.54. The quantitative estimate of drug-likeness (QED) is 0.352. The van der Waals surface area contributed by atoms with Crippen LogP contribution in [0.3, 0.4) is 0 Å². The number of hydrogen-bond donors (Lipinski definition) is 2. The van der Waals surface area contributed by atoms with Gasteiger partial charge in [0.2, 0.25) is 0 Å². The van der Waals surface area contributed by atoms with Gasteiger partial charge in [0.1, 0.15) is 25.4 Å². The van der Waals surface area contributed by atoms with E-state index in [9.17, 15) is 24.0 Å². The highest BCUT2D eigenvalue weighted by atomic mass is 35.5. The molecular formula is C33H35ClN6O9S. The van der Waals surface area contributed by atoms with Crippen LogP contribution in [0.25, 0.3) is 0 Å². The van der Waals surface area contributed by atoms with E-state index in [2.05, 4.69) is 5.32 Å². The molecule has 0 spiro atoms. The minimum Gasteiger partial charge on any atom is -0.443 e. The molecule has 50 heavy (non-hydrogen) atoms. The van der Waals surface area contributed by atoms with Gasteiger partial charge in [-0.25, -0.2) is 9.59 Å². The maximum Gasteiger partial charge on any atom is 0.414 e. The molecule has 4 saturated heterocycles. The van der Waals surface area contributed by atoms with Gasteiger partial charge >= 0.3 is 12.2 Å². The van der Waals surface area contributed by atoms with E-state index in [0.717, 1.165) is 17.1 Å². The first-order valence-corrected chi connectivity index (χ1v) is 17.1. The molecule has 264 valence electrons. The number of halogens is 1. The second-order valence-electron chi connectivity index (χ2n) is 11.5. The Balaban J connectivity index is 0.000000182. The van der Waals surface area contributed by atoms with Crippen molar-refractivity contribution < 1.29 is 42.9 Å². The third-order valence-corrected chi connectivity index (χ3v) is 9.45. The van der Waals surface area contributed by atoms with Crippen LogP contribution in [-0.2, 0) is 28.5 Å². The monoisotopic (exact) mass is 726 g/mol. The molecule has 3 aromatic rings. The van der Waals surface area contributed by atoms with Crippen LogP contribution in [0, 0.1) is 0 Å². The van der Waals surface area contributed by atoms with Crippen molar-refractivity contribution in [3.63, 3.8) is 0 Å². The SMILES string of the molecule is NC[C@H]1CN(c2ccc(N3CCOCC3=O)cc2)C(=O)O1.O=C(NC[C@H]1CN(c2ccc(N3CCOCC3=O)cc2)C(=O)O1)c1ccc(Cl)s1. The van der Waals surface area contributed by atoms with Crippen LogP contribution in [0.4, 0.5) is 32.3 Å². The van der Waals surface area contributed by atoms with Crippen molar-refractivity contribution in [1.29, 1.82) is 0 Å². The average Bonchev–Trinajstić information content (AvgIpc) is 3.85. The summed E-state index contributed by atoms with van der Waals surface area (Å²) in [4.78, 5) is 66.7. The molecule has 2 aromatic carbocycles. The fourth-order valence-corrected chi connectivity index (χ4v) is 6.59. The van der Waals surface area contributed by atoms with E-state index >= 15 is 0 Å². The van der Waals surface area contributed by atoms with E-state index in [4.69, 9.17) is 36.3 Å². The lowest BCUT2D eigenvalue weighted by atomic mass is 10.2. The number of nitrogens with one attached hydrogen (secondary N) is 1. The number of carbonyl (C=O) groups is 5. The average molecular weight is 727 g/mol. The number of thiophene rings is 1. The van der Waals surface area contributed by atoms with Gasteiger partial charge in [0.15, 0.2) is 0 Å². The van der Waals surface area contributed by atoms with Crippen LogP contribution < -0.4 is 30.7 Å². The van der Waals surface area contributed by atoms with Gasteiger partial charge in [0, 0.05) is 42.4 Å². The first-order valence-electron chi connectivity index (χ1n) is 15.9. The number of anilines is 4. The molecule has 1 aromatic heterocycles. The van der Waals surface area contributed by atoms with Gasteiger partial charge in [-0.3, -0.25) is 24.2 Å². The Morgan fingerprint density at radius 3 is 1.60 bits per heavy atom. The van der Waals surface area contributed by atoms with Gasteiger partial charge in [-0.05, 0) is 60.7 Å². The molecule has 4 aliphatic rings. The second-order valence-corrected chi connectivity index (χ2v) is 13.2. The van der Waals surface area contributed by atoms with Gasteiger partial charge in [-0.15, -0.1) is 11.3 Å². The predicted molar refractivity (Wildman–Crippen MR) is 185 cm³/mol. The van der Waals surface area contributed by atoms with E-state index in [1.807, 2.05) is 12.1 Å². The summed E-state index contributed by atoms with van der Waals surface area (Å²) in [6, 6.07) is 17.7. The molecule has 2 atom stereocenters. The molecule has 7 rings (SSSR count). The molecule has 0 radical (unpaired) electrons. The highest BCUT2D eigenvalue weighted by molar-refractivity contribution is 7.18. The van der Waals surface area contributed by atoms with Crippen molar-refractivity contribution in [3.05, 3.63) is 69.9 Å². The summed E-state index contributed by atoms with van der Waals surface area (Å²) in [6.07, 6.45) is -1.58. The zero-order valence-corrected chi connectivity index (χ0v) is 28.4. The summed E-state index contributed by atoms with van der Waals surface area (Å²) in [5, 5.41) is 2.76. The standard InChI is InChI=1S/C19H18ClN3O5S.C14H17N3O4/c20-16-6-5-15(29-16)18(25)21-9-14-10-23(19(26)28-14)13-3-1-12(2-4-13)22-7-8-27-11-17(22)24;15-7-12-8-17(14(19)21-12)11-3-1-10(2-4-11)16-5-6-20-9-13(16)18/h1-6,14H,7-11H2,(H,21,25);1-4,12H,5-9,15H2/t14-;12-/m00/s1. The molecule has 3 N–H and O–H groups in total. The maximum atomic E-state index is 12.2. The molecule has 0 saturated carbocycles. The van der Waals surface area contributed by atoms with E-state index in [1.165, 1.54) is 16.2 Å². The highest BCUT2D eigenvalue weighted by Gasteiger charge is 2.33. The molecule has 17 heteroatoms. The Morgan fingerprint density at radius 1 is 0.720 bits per heavy atom. The lowest BCUT2D eigenvalue weighted by Gasteiger charge is -2.27. The van der Waals surface area contributed by atoms with Crippen molar-refractivity contribution in [1.82, 2.24) is 5.32 Å². The topological polar surface area (TPSA) is 173 Å². The van der Waals surface area contributed by atoms with Crippen molar-refractivity contribution in [2.45, 2.75) is 12.2 Å². The van der Waals surface area contributed by atoms with Crippen molar-refractivity contribution >= 4 is 75.6 Å². The Labute approximate surface area is 296 Å². The molecule has 5 amide bonds. The number of ether oxygens (including phenoxy) is 4. The first kappa shape index (κ1) is 35.1. The van der Waals surface area contributed by atoms with Gasteiger partial charge in [-0.1, -0.05) is 11.6 Å². The zero-order chi connectivity index (χ0) is 35.2. The predicted octanol–water partition coefficient (Wildman–Crippen LogP) is 2.85. The number of benzene rings is 2. The lowest BCUT2D eigenvalue weighted by Crippen LogP contribution is -2.41. The molecule has 5 heterocycles. The summed E-state index contributed by atoms with van der Waals surface area (Å²) in [5.41, 5.74) is 8.47. The first-order chi connectivity index (χ1) is 24.2. The smallest absolute Gasteiger partial charge is 0.414 e. The number of nitrogens with zero attached hydrogens (tertiary/aromatic N) is 4. The maximum absolute atomic E-state index is 12.2. The number of cyclic esters (lactones) is 2. The molecular weight excluding hydrogens is 692 g/mol. The van der Waals surface area contributed by atoms with Gasteiger partial charge in [-0.2, -0.15) is 0 Å². The molecule has 4 aliphatic heterocycles. The minimum atomic E-state index is -0.474. The number of morpholine rings is 2. The van der Waals surface area contributed by atoms with E-state index in [1.54, 1.807) is 63.2 Å². The fraction of sp³-hybridized carbons (Fsp3) is 0.364. The fourth-order valence-electron chi connectivity index (χ4n) is 5.63. The molecule has 4 fully saturated rings. The highest BCUT2D eigenvalue weighted by Crippen LogP contribution is 2.27. The van der Waals surface area contributed by atoms with E-state index in [0.29, 0.717) is 60.8 Å². The van der Waals surface area contributed by atoms with Crippen LogP contribution in [0.5, 0.6) is 0 Å². The van der Waals surface area contributed by atoms with Gasteiger partial charge in [0.05, 0.1) is 42.1 Å². The number of amides is 5. The van der Waals surface area contributed by atoms with Crippen molar-refractivity contribution in [2.75, 3.05) is 85.3 Å². The van der Waals surface area contributed by atoms with E-state index in [-0.39, 0.29) is 49.7 Å². The molecule has 0 unspecified atom stereocenters. The van der Waals surface area contributed by atoms with Crippen LogP contribution in [0.2, 0.25) is 4.34 Å². The van der Waals surface area contributed by atoms with Crippen LogP contribution in [0.1, 0.15) is 9.67 Å². The number of rotatable bonds is 8. The third kappa shape index (κ3) is 8.17. The van der Waals surface area contributed by atoms with Gasteiger partial charge < -0.3 is 39.8 Å². The van der Waals surface area contributed by atoms with Crippen molar-refractivity contribution in [3.8, 4) is 0 Å². The second kappa shape index (κ2) is 15.9. The Hall–Kier alpha value is -4.74. The van der Waals surface area contributed by atoms with Gasteiger partial charge in [0.25, 0.3) is 17.7 Å². The van der Waals surface area contributed by atoms with Crippen LogP contribution in [0.15, 0.2) is 60.7 Å².